The molecule has 1 unspecified atom stereocenters. The van der Waals surface area contributed by atoms with E-state index in [0.29, 0.717) is 6.04 Å². The van der Waals surface area contributed by atoms with Crippen LogP contribution in [0.15, 0.2) is 11.6 Å². The third-order valence-electron chi connectivity index (χ3n) is 3.50. The summed E-state index contributed by atoms with van der Waals surface area (Å²) in [6, 6.07) is 0.510. The maximum absolute atomic E-state index is 11.8. The third-order valence-corrected chi connectivity index (χ3v) is 3.50. The predicted octanol–water partition coefficient (Wildman–Crippen LogP) is 2.33. The van der Waals surface area contributed by atoms with Gasteiger partial charge in [-0.2, -0.15) is 0 Å². The molecule has 0 bridgehead atoms. The molecule has 3 heteroatoms. The fraction of sp³-hybridized carbons (Fsp3) is 0.786. The van der Waals surface area contributed by atoms with Crippen LogP contribution in [0.5, 0.6) is 0 Å². The number of hydrogen-bond acceptors (Lipinski definition) is 2. The van der Waals surface area contributed by atoms with Gasteiger partial charge in [-0.3, -0.25) is 9.69 Å². The molecule has 0 aromatic rings. The quantitative estimate of drug-likeness (QED) is 0.720. The second-order valence-electron chi connectivity index (χ2n) is 4.81. The second kappa shape index (κ2) is 7.49. The number of hydrogen-bond donors (Lipinski definition) is 1. The Kier molecular flexibility index (Phi) is 6.27. The molecule has 1 aliphatic rings. The Morgan fingerprint density at radius 2 is 2.00 bits per heavy atom. The maximum Gasteiger partial charge on any atom is 0.246 e. The molecule has 1 N–H and O–H groups in total. The lowest BCUT2D eigenvalue weighted by Gasteiger charge is -2.26. The van der Waals surface area contributed by atoms with Gasteiger partial charge in [-0.25, -0.2) is 0 Å². The van der Waals surface area contributed by atoms with E-state index in [-0.39, 0.29) is 5.91 Å². The highest BCUT2D eigenvalue weighted by Gasteiger charge is 2.20. The van der Waals surface area contributed by atoms with Crippen LogP contribution in [0.1, 0.15) is 46.5 Å². The van der Waals surface area contributed by atoms with Crippen molar-refractivity contribution < 1.29 is 4.79 Å². The number of nitrogens with zero attached hydrogens (tertiary/aromatic N) is 1. The van der Waals surface area contributed by atoms with Gasteiger partial charge in [-0.05, 0) is 45.7 Å². The van der Waals surface area contributed by atoms with E-state index in [1.54, 1.807) is 0 Å². The van der Waals surface area contributed by atoms with E-state index in [4.69, 9.17) is 0 Å². The van der Waals surface area contributed by atoms with Crippen LogP contribution in [0.3, 0.4) is 0 Å². The van der Waals surface area contributed by atoms with Crippen LogP contribution >= 0.6 is 0 Å². The zero-order valence-electron chi connectivity index (χ0n) is 11.5. The molecule has 0 radical (unpaired) electrons. The van der Waals surface area contributed by atoms with Crippen molar-refractivity contribution in [1.29, 1.82) is 0 Å². The molecule has 1 atom stereocenters. The van der Waals surface area contributed by atoms with Gasteiger partial charge in [0.15, 0.2) is 0 Å². The molecule has 1 rings (SSSR count). The summed E-state index contributed by atoms with van der Waals surface area (Å²) in [6.45, 7) is 9.30. The molecule has 0 aliphatic carbocycles. The first-order valence-corrected chi connectivity index (χ1v) is 6.88. The van der Waals surface area contributed by atoms with Gasteiger partial charge in [0.05, 0.1) is 0 Å². The zero-order valence-corrected chi connectivity index (χ0v) is 11.5. The molecule has 3 nitrogen and oxygen atoms in total. The van der Waals surface area contributed by atoms with Gasteiger partial charge in [0, 0.05) is 18.2 Å². The molecule has 98 valence electrons. The lowest BCUT2D eigenvalue weighted by atomic mass is 10.2. The molecule has 0 aromatic carbocycles. The summed E-state index contributed by atoms with van der Waals surface area (Å²) >= 11 is 0. The van der Waals surface area contributed by atoms with Crippen molar-refractivity contribution in [3.63, 3.8) is 0 Å². The molecule has 1 saturated heterocycles. The minimum absolute atomic E-state index is 0.0875. The van der Waals surface area contributed by atoms with Crippen LogP contribution in [0.2, 0.25) is 0 Å². The largest absolute Gasteiger partial charge is 0.351 e. The zero-order chi connectivity index (χ0) is 12.7. The average Bonchev–Trinajstić information content (AvgIpc) is 2.83. The highest BCUT2D eigenvalue weighted by Crippen LogP contribution is 2.13. The topological polar surface area (TPSA) is 32.3 Å². The Morgan fingerprint density at radius 1 is 1.35 bits per heavy atom. The number of likely N-dealkylation sites (tertiary alicyclic amines) is 1. The standard InChI is InChI=1S/C14H26N2O/c1-4-8-12(3)14(17)15-11-13(5-2)16-9-6-7-10-16/h8,13H,4-7,9-11H2,1-3H3,(H,15,17)/b12-8+. The van der Waals surface area contributed by atoms with Crippen molar-refractivity contribution in [2.75, 3.05) is 19.6 Å². The van der Waals surface area contributed by atoms with Gasteiger partial charge in [0.2, 0.25) is 5.91 Å². The van der Waals surface area contributed by atoms with Crippen molar-refractivity contribution in [3.05, 3.63) is 11.6 Å². The maximum atomic E-state index is 11.8. The monoisotopic (exact) mass is 238 g/mol. The van der Waals surface area contributed by atoms with E-state index in [2.05, 4.69) is 24.1 Å². The fourth-order valence-corrected chi connectivity index (χ4v) is 2.39. The molecule has 1 amide bonds. The average molecular weight is 238 g/mol. The molecule has 1 heterocycles. The Morgan fingerprint density at radius 3 is 2.53 bits per heavy atom. The minimum Gasteiger partial charge on any atom is -0.351 e. The number of nitrogens with one attached hydrogen (secondary N) is 1. The highest BCUT2D eigenvalue weighted by atomic mass is 16.1. The van der Waals surface area contributed by atoms with Crippen LogP contribution in [-0.2, 0) is 4.79 Å². The molecular weight excluding hydrogens is 212 g/mol. The first-order chi connectivity index (χ1) is 8.19. The molecule has 0 spiro atoms. The van der Waals surface area contributed by atoms with Crippen LogP contribution in [0, 0.1) is 0 Å². The normalized spacial score (nSPS) is 19.4. The van der Waals surface area contributed by atoms with E-state index >= 15 is 0 Å². The van der Waals surface area contributed by atoms with Crippen LogP contribution in [-0.4, -0.2) is 36.5 Å². The van der Waals surface area contributed by atoms with Gasteiger partial charge in [-0.15, -0.1) is 0 Å². The van der Waals surface area contributed by atoms with E-state index in [0.717, 1.165) is 25.0 Å². The summed E-state index contributed by atoms with van der Waals surface area (Å²) in [6.07, 6.45) is 6.62. The molecule has 0 saturated carbocycles. The summed E-state index contributed by atoms with van der Waals surface area (Å²) in [5.74, 6) is 0.0875. The highest BCUT2D eigenvalue weighted by molar-refractivity contribution is 5.92. The van der Waals surface area contributed by atoms with E-state index in [9.17, 15) is 4.79 Å². The van der Waals surface area contributed by atoms with Gasteiger partial charge in [0.25, 0.3) is 0 Å². The Bertz CT molecular complexity index is 267. The number of allylic oxidation sites excluding steroid dienone is 1. The third kappa shape index (κ3) is 4.50. The van der Waals surface area contributed by atoms with Gasteiger partial charge in [0.1, 0.15) is 0 Å². The number of amides is 1. The van der Waals surface area contributed by atoms with Gasteiger partial charge in [-0.1, -0.05) is 19.9 Å². The Hall–Kier alpha value is -0.830. The minimum atomic E-state index is 0.0875. The summed E-state index contributed by atoms with van der Waals surface area (Å²) < 4.78 is 0. The smallest absolute Gasteiger partial charge is 0.246 e. The number of rotatable bonds is 6. The Labute approximate surface area is 105 Å². The fourth-order valence-electron chi connectivity index (χ4n) is 2.39. The van der Waals surface area contributed by atoms with E-state index in [1.807, 2.05) is 13.0 Å². The van der Waals surface area contributed by atoms with Crippen LogP contribution in [0.25, 0.3) is 0 Å². The predicted molar refractivity (Wildman–Crippen MR) is 71.9 cm³/mol. The summed E-state index contributed by atoms with van der Waals surface area (Å²) in [7, 11) is 0. The summed E-state index contributed by atoms with van der Waals surface area (Å²) in [5.41, 5.74) is 0.837. The van der Waals surface area contributed by atoms with Crippen molar-refractivity contribution >= 4 is 5.91 Å². The van der Waals surface area contributed by atoms with Gasteiger partial charge >= 0.3 is 0 Å². The molecule has 1 aliphatic heterocycles. The Balaban J connectivity index is 2.36. The molecule has 1 fully saturated rings. The first kappa shape index (κ1) is 14.2. The number of carbonyl (C=O) groups excluding carboxylic acids is 1. The van der Waals surface area contributed by atoms with Crippen molar-refractivity contribution in [2.45, 2.75) is 52.5 Å². The summed E-state index contributed by atoms with van der Waals surface area (Å²) in [5, 5.41) is 3.05. The lowest BCUT2D eigenvalue weighted by Crippen LogP contribution is -2.42. The van der Waals surface area contributed by atoms with Crippen LogP contribution in [0.4, 0.5) is 0 Å². The van der Waals surface area contributed by atoms with Crippen molar-refractivity contribution in [1.82, 2.24) is 10.2 Å². The number of carbonyl (C=O) groups is 1. The molecular formula is C14H26N2O. The second-order valence-corrected chi connectivity index (χ2v) is 4.81. The van der Waals surface area contributed by atoms with Gasteiger partial charge < -0.3 is 5.32 Å². The van der Waals surface area contributed by atoms with Crippen LogP contribution < -0.4 is 5.32 Å². The lowest BCUT2D eigenvalue weighted by molar-refractivity contribution is -0.117. The molecule has 0 aromatic heterocycles. The molecule has 17 heavy (non-hydrogen) atoms. The van der Waals surface area contributed by atoms with E-state index < -0.39 is 0 Å². The first-order valence-electron chi connectivity index (χ1n) is 6.88. The SMILES string of the molecule is CC/C=C(\C)C(=O)NCC(CC)N1CCCC1. The van der Waals surface area contributed by atoms with E-state index in [1.165, 1.54) is 25.9 Å². The summed E-state index contributed by atoms with van der Waals surface area (Å²) in [4.78, 5) is 14.3. The van der Waals surface area contributed by atoms with Crippen molar-refractivity contribution in [3.8, 4) is 0 Å². The van der Waals surface area contributed by atoms with Crippen molar-refractivity contribution in [2.24, 2.45) is 0 Å².